The quantitative estimate of drug-likeness (QED) is 0.354. The van der Waals surface area contributed by atoms with E-state index in [9.17, 15) is 0 Å². The normalized spacial score (nSPS) is 18.8. The maximum absolute atomic E-state index is 3.46. The van der Waals surface area contributed by atoms with Crippen molar-refractivity contribution in [2.75, 3.05) is 0 Å². The van der Waals surface area contributed by atoms with Crippen molar-refractivity contribution in [3.05, 3.63) is 142 Å². The molecule has 0 saturated heterocycles. The van der Waals surface area contributed by atoms with Crippen LogP contribution >= 0.6 is 0 Å². The average Bonchev–Trinajstić information content (AvgIpc) is 3.30. The van der Waals surface area contributed by atoms with Gasteiger partial charge in [-0.1, -0.05) is 47.6 Å². The molecule has 4 heteroatoms. The van der Waals surface area contributed by atoms with E-state index in [1.54, 1.807) is 0 Å². The molecule has 0 aliphatic heterocycles. The van der Waals surface area contributed by atoms with E-state index in [1.165, 1.54) is 44.5 Å². The summed E-state index contributed by atoms with van der Waals surface area (Å²) in [4.78, 5) is 0. The van der Waals surface area contributed by atoms with Crippen LogP contribution in [0.2, 0.25) is 13.1 Å². The molecule has 0 aromatic heterocycles. The maximum atomic E-state index is 3.46. The van der Waals surface area contributed by atoms with Crippen molar-refractivity contribution in [1.82, 2.24) is 0 Å². The molecular weight excluding hydrogens is 507 g/mol. The third-order valence-corrected chi connectivity index (χ3v) is 5.70. The zero-order valence-corrected chi connectivity index (χ0v) is 24.1. The Balaban J connectivity index is 0.000000198. The molecule has 0 N–H and O–H groups in total. The molecular formula is C30H28Cl2SiTi-2. The van der Waals surface area contributed by atoms with E-state index >= 15 is 0 Å². The molecule has 34 heavy (non-hydrogen) atoms. The van der Waals surface area contributed by atoms with E-state index < -0.39 is 0 Å². The Kier molecular flexibility index (Phi) is 10.9. The number of hydrogen-bond donors (Lipinski definition) is 0. The summed E-state index contributed by atoms with van der Waals surface area (Å²) in [6.07, 6.45) is 24.2. The summed E-state index contributed by atoms with van der Waals surface area (Å²) in [5.74, 6) is 0.909. The van der Waals surface area contributed by atoms with Crippen molar-refractivity contribution in [1.29, 1.82) is 0 Å². The predicted molar refractivity (Wildman–Crippen MR) is 134 cm³/mol. The minimum Gasteiger partial charge on any atom is -1.00 e. The molecule has 0 fully saturated rings. The monoisotopic (exact) mass is 534 g/mol. The Bertz CT molecular complexity index is 1150. The van der Waals surface area contributed by atoms with Gasteiger partial charge in [0.2, 0.25) is 0 Å². The van der Waals surface area contributed by atoms with E-state index in [0.29, 0.717) is 11.8 Å². The Morgan fingerprint density at radius 3 is 1.44 bits per heavy atom. The molecule has 0 amide bonds. The topological polar surface area (TPSA) is 0 Å². The largest absolute Gasteiger partial charge is 1.00 e. The third-order valence-electron chi connectivity index (χ3n) is 5.70. The van der Waals surface area contributed by atoms with Crippen LogP contribution in [0.1, 0.15) is 45.2 Å². The van der Waals surface area contributed by atoms with Gasteiger partial charge >= 0.3 is 38.5 Å². The summed E-state index contributed by atoms with van der Waals surface area (Å²) in [5.41, 5.74) is 10.5. The number of rotatable bonds is 0. The van der Waals surface area contributed by atoms with Crippen LogP contribution in [-0.4, -0.2) is 6.19 Å². The first-order valence-corrected chi connectivity index (χ1v) is 16.0. The van der Waals surface area contributed by atoms with Crippen LogP contribution in [-0.2, 0) is 19.2 Å². The van der Waals surface area contributed by atoms with E-state index in [0.717, 1.165) is 0 Å². The molecule has 2 unspecified atom stereocenters. The van der Waals surface area contributed by atoms with E-state index in [4.69, 9.17) is 0 Å². The van der Waals surface area contributed by atoms with Crippen LogP contribution in [0.25, 0.3) is 0 Å². The van der Waals surface area contributed by atoms with E-state index in [1.807, 2.05) is 0 Å². The first kappa shape index (κ1) is 28.6. The van der Waals surface area contributed by atoms with Gasteiger partial charge in [-0.2, -0.15) is 0 Å². The zero-order chi connectivity index (χ0) is 22.7. The van der Waals surface area contributed by atoms with Crippen molar-refractivity contribution in [2.24, 2.45) is 0 Å². The number of halogens is 2. The van der Waals surface area contributed by atoms with Crippen molar-refractivity contribution in [3.8, 4) is 0 Å². The van der Waals surface area contributed by atoms with Crippen LogP contribution in [0.4, 0.5) is 0 Å². The third kappa shape index (κ3) is 6.74. The first-order chi connectivity index (χ1) is 15.4. The van der Waals surface area contributed by atoms with Crippen LogP contribution in [0, 0.1) is 26.0 Å². The molecule has 0 radical (unpaired) electrons. The molecule has 4 aliphatic carbocycles. The molecule has 0 nitrogen and oxygen atoms in total. The van der Waals surface area contributed by atoms with Crippen molar-refractivity contribution in [2.45, 2.75) is 38.8 Å². The van der Waals surface area contributed by atoms with Gasteiger partial charge in [-0.05, 0) is 25.7 Å². The van der Waals surface area contributed by atoms with Crippen molar-refractivity contribution in [3.63, 3.8) is 0 Å². The minimum absolute atomic E-state index is 0. The Labute approximate surface area is 229 Å². The summed E-state index contributed by atoms with van der Waals surface area (Å²) in [6, 6.07) is 13.2. The summed E-state index contributed by atoms with van der Waals surface area (Å²) in [7, 11) is 0. The van der Waals surface area contributed by atoms with Gasteiger partial charge in [-0.3, -0.25) is 0 Å². The van der Waals surface area contributed by atoms with Gasteiger partial charge in [0.1, 0.15) is 0 Å². The second kappa shape index (κ2) is 12.9. The fourth-order valence-electron chi connectivity index (χ4n) is 4.28. The average molecular weight is 535 g/mol. The molecule has 2 atom stereocenters. The molecule has 0 spiro atoms. The van der Waals surface area contributed by atoms with Crippen LogP contribution in [0.3, 0.4) is 0 Å². The standard InChI is InChI=1S/2C14H11.C2H6Si.2ClH.Ti/c2*1-10-6-7-14-12(8-10)9-11-4-2-3-5-13(11)14;1-3-2;;;/h2*2-8,13H,1H3;1-2H3;2*1H;/q2*-1;;;;+2/p-2. The fraction of sp³-hybridized carbons (Fsp3) is 0.200. The second-order valence-corrected chi connectivity index (χ2v) is 15.5. The summed E-state index contributed by atoms with van der Waals surface area (Å²) in [6.45, 7) is 8.79. The Hall–Kier alpha value is -1.61. The summed E-state index contributed by atoms with van der Waals surface area (Å²) in [5, 5.41) is 0. The first-order valence-electron chi connectivity index (χ1n) is 11.1. The van der Waals surface area contributed by atoms with Gasteiger partial charge in [0.05, 0.1) is 0 Å². The van der Waals surface area contributed by atoms with Gasteiger partial charge < -0.3 is 24.8 Å². The summed E-state index contributed by atoms with van der Waals surface area (Å²) < 4.78 is 0. The molecule has 0 saturated carbocycles. The predicted octanol–water partition coefficient (Wildman–Crippen LogP) is 1.38. The zero-order valence-electron chi connectivity index (χ0n) is 20.0. The number of benzene rings is 2. The molecule has 4 aliphatic rings. The smallest absolute Gasteiger partial charge is 0.0235 e. The number of aryl methyl sites for hydroxylation is 2. The maximum Gasteiger partial charge on any atom is -0.0235 e. The number of allylic oxidation sites excluding steroid dienone is 10. The van der Waals surface area contributed by atoms with Crippen molar-refractivity contribution < 1.29 is 44.0 Å². The molecule has 2 aromatic carbocycles. The molecule has 6 rings (SSSR count). The second-order valence-electron chi connectivity index (χ2n) is 8.79. The van der Waals surface area contributed by atoms with Gasteiger partial charge in [0.15, 0.2) is 0 Å². The van der Waals surface area contributed by atoms with Gasteiger partial charge in [-0.15, -0.1) is 94.1 Å². The van der Waals surface area contributed by atoms with Gasteiger partial charge in [0.25, 0.3) is 0 Å². The van der Waals surface area contributed by atoms with Crippen molar-refractivity contribution >= 4 is 6.19 Å². The van der Waals surface area contributed by atoms with E-state index in [2.05, 4.69) is 143 Å². The van der Waals surface area contributed by atoms with E-state index in [-0.39, 0.29) is 31.0 Å². The summed E-state index contributed by atoms with van der Waals surface area (Å²) >= 11 is 2.27. The molecule has 2 aromatic rings. The Morgan fingerprint density at radius 1 is 0.676 bits per heavy atom. The van der Waals surface area contributed by atoms with Gasteiger partial charge in [-0.25, -0.2) is 0 Å². The van der Waals surface area contributed by atoms with Gasteiger partial charge in [0, 0.05) is 0 Å². The molecule has 0 bridgehead atoms. The number of hydrogen-bond acceptors (Lipinski definition) is 0. The Morgan fingerprint density at radius 2 is 1.06 bits per heavy atom. The molecule has 172 valence electrons. The molecule has 0 heterocycles. The SMILES string of the molecule is C[Si](C)=[Ti+2].Cc1ccc2c(c1)[C-]=C1C=CC=CC12.Cc1ccc2c(c1)[C-]=C1C=CC=CC12.[Cl-].[Cl-]. The fourth-order valence-corrected chi connectivity index (χ4v) is 4.28. The van der Waals surface area contributed by atoms with Crippen LogP contribution in [0.5, 0.6) is 0 Å². The minimum atomic E-state index is 0. The number of fused-ring (bicyclic) bond motifs is 6. The van der Waals surface area contributed by atoms with Crippen LogP contribution < -0.4 is 24.8 Å². The van der Waals surface area contributed by atoms with Crippen LogP contribution in [0.15, 0.2) is 96.2 Å².